The van der Waals surface area contributed by atoms with Gasteiger partial charge in [0, 0.05) is 6.07 Å². The van der Waals surface area contributed by atoms with E-state index in [1.165, 1.54) is 18.2 Å². The molecule has 0 unspecified atom stereocenters. The Morgan fingerprint density at radius 3 is 2.50 bits per heavy atom. The van der Waals surface area contributed by atoms with Gasteiger partial charge >= 0.3 is 0 Å². The highest BCUT2D eigenvalue weighted by Crippen LogP contribution is 2.29. The molecule has 2 aromatic rings. The first-order valence-electron chi connectivity index (χ1n) is 4.95. The molecule has 82 valence electrons. The van der Waals surface area contributed by atoms with Crippen LogP contribution in [0.25, 0.3) is 0 Å². The van der Waals surface area contributed by atoms with Gasteiger partial charge in [-0.05, 0) is 30.7 Å². The fourth-order valence-corrected chi connectivity index (χ4v) is 1.40. The zero-order valence-electron chi connectivity index (χ0n) is 8.91. The molecule has 2 N–H and O–H groups in total. The van der Waals surface area contributed by atoms with Crippen molar-refractivity contribution in [3.8, 4) is 11.5 Å². The molecule has 2 nitrogen and oxygen atoms in total. The molecule has 0 bridgehead atoms. The molecule has 0 aromatic heterocycles. The summed E-state index contributed by atoms with van der Waals surface area (Å²) >= 11 is 0. The molecule has 0 heterocycles. The Bertz CT molecular complexity index is 511. The Morgan fingerprint density at radius 1 is 1.06 bits per heavy atom. The van der Waals surface area contributed by atoms with Crippen LogP contribution in [0, 0.1) is 12.7 Å². The van der Waals surface area contributed by atoms with E-state index in [0.717, 1.165) is 11.3 Å². The van der Waals surface area contributed by atoms with E-state index in [0.29, 0.717) is 11.4 Å². The maximum absolute atomic E-state index is 12.8. The van der Waals surface area contributed by atoms with E-state index >= 15 is 0 Å². The summed E-state index contributed by atoms with van der Waals surface area (Å²) in [6.45, 7) is 1.94. The van der Waals surface area contributed by atoms with Crippen molar-refractivity contribution in [1.82, 2.24) is 0 Å². The van der Waals surface area contributed by atoms with Gasteiger partial charge in [-0.1, -0.05) is 18.2 Å². The number of nitrogen functional groups attached to an aromatic ring is 1. The van der Waals surface area contributed by atoms with Crippen molar-refractivity contribution in [2.24, 2.45) is 0 Å². The second kappa shape index (κ2) is 4.23. The highest BCUT2D eigenvalue weighted by atomic mass is 19.1. The van der Waals surface area contributed by atoms with E-state index in [-0.39, 0.29) is 5.82 Å². The monoisotopic (exact) mass is 217 g/mol. The second-order valence-corrected chi connectivity index (χ2v) is 3.55. The molecule has 3 heteroatoms. The van der Waals surface area contributed by atoms with Crippen LogP contribution in [-0.2, 0) is 0 Å². The van der Waals surface area contributed by atoms with Gasteiger partial charge in [0.25, 0.3) is 0 Å². The molecular weight excluding hydrogens is 205 g/mol. The molecule has 0 spiro atoms. The lowest BCUT2D eigenvalue weighted by molar-refractivity contribution is 0.479. The maximum atomic E-state index is 12.8. The molecule has 16 heavy (non-hydrogen) atoms. The van der Waals surface area contributed by atoms with Gasteiger partial charge in [-0.25, -0.2) is 4.39 Å². The molecule has 2 aromatic carbocycles. The predicted molar refractivity (Wildman–Crippen MR) is 62.1 cm³/mol. The third-order valence-electron chi connectivity index (χ3n) is 2.29. The first kappa shape index (κ1) is 10.5. The molecular formula is C13H12FNO. The van der Waals surface area contributed by atoms with E-state index < -0.39 is 0 Å². The average molecular weight is 217 g/mol. The molecule has 0 radical (unpaired) electrons. The minimum Gasteiger partial charge on any atom is -0.455 e. The van der Waals surface area contributed by atoms with E-state index in [1.54, 1.807) is 0 Å². The van der Waals surface area contributed by atoms with Gasteiger partial charge in [0.2, 0.25) is 0 Å². The lowest BCUT2D eigenvalue weighted by Gasteiger charge is -2.10. The zero-order chi connectivity index (χ0) is 11.5. The van der Waals surface area contributed by atoms with Crippen molar-refractivity contribution in [1.29, 1.82) is 0 Å². The predicted octanol–water partition coefficient (Wildman–Crippen LogP) is 3.51. The molecule has 0 aliphatic carbocycles. The summed E-state index contributed by atoms with van der Waals surface area (Å²) in [5.74, 6) is 0.825. The van der Waals surface area contributed by atoms with Gasteiger partial charge in [0.05, 0.1) is 5.69 Å². The Hall–Kier alpha value is -2.03. The Morgan fingerprint density at radius 2 is 1.81 bits per heavy atom. The summed E-state index contributed by atoms with van der Waals surface area (Å²) in [6.07, 6.45) is 0. The maximum Gasteiger partial charge on any atom is 0.150 e. The third kappa shape index (κ3) is 2.14. The number of rotatable bonds is 2. The summed E-state index contributed by atoms with van der Waals surface area (Å²) in [4.78, 5) is 0. The third-order valence-corrected chi connectivity index (χ3v) is 2.29. The van der Waals surface area contributed by atoms with E-state index in [4.69, 9.17) is 10.5 Å². The van der Waals surface area contributed by atoms with Crippen LogP contribution < -0.4 is 10.5 Å². The quantitative estimate of drug-likeness (QED) is 0.781. The first-order chi connectivity index (χ1) is 7.66. The lowest BCUT2D eigenvalue weighted by Crippen LogP contribution is -1.94. The summed E-state index contributed by atoms with van der Waals surface area (Å²) in [6, 6.07) is 11.7. The van der Waals surface area contributed by atoms with E-state index in [2.05, 4.69) is 0 Å². The minimum atomic E-state index is -0.366. The highest BCUT2D eigenvalue weighted by molar-refractivity contribution is 5.54. The van der Waals surface area contributed by atoms with Crippen molar-refractivity contribution in [2.75, 3.05) is 5.73 Å². The Balaban J connectivity index is 2.31. The molecule has 0 aliphatic heterocycles. The molecule has 0 fully saturated rings. The van der Waals surface area contributed by atoms with Gasteiger partial charge < -0.3 is 10.5 Å². The van der Waals surface area contributed by atoms with E-state index in [9.17, 15) is 4.39 Å². The lowest BCUT2D eigenvalue weighted by atomic mass is 10.2. The number of nitrogens with two attached hydrogens (primary N) is 1. The van der Waals surface area contributed by atoms with Crippen molar-refractivity contribution in [3.05, 3.63) is 53.8 Å². The van der Waals surface area contributed by atoms with Gasteiger partial charge in [0.15, 0.2) is 5.75 Å². The summed E-state index contributed by atoms with van der Waals surface area (Å²) in [5, 5.41) is 0. The largest absolute Gasteiger partial charge is 0.455 e. The molecule has 0 amide bonds. The van der Waals surface area contributed by atoms with Gasteiger partial charge in [-0.2, -0.15) is 0 Å². The molecule has 0 atom stereocenters. The number of hydrogen-bond acceptors (Lipinski definition) is 2. The van der Waals surface area contributed by atoms with Crippen molar-refractivity contribution < 1.29 is 9.13 Å². The average Bonchev–Trinajstić information content (AvgIpc) is 2.25. The Labute approximate surface area is 93.5 Å². The molecule has 2 rings (SSSR count). The number of benzene rings is 2. The van der Waals surface area contributed by atoms with Crippen LogP contribution in [0.15, 0.2) is 42.5 Å². The summed E-state index contributed by atoms with van der Waals surface area (Å²) in [5.41, 5.74) is 6.95. The van der Waals surface area contributed by atoms with Gasteiger partial charge in [0.1, 0.15) is 11.6 Å². The van der Waals surface area contributed by atoms with Crippen LogP contribution >= 0.6 is 0 Å². The SMILES string of the molecule is Cc1ccccc1Oc1ccc(F)cc1N. The minimum absolute atomic E-state index is 0.295. The number of anilines is 1. The number of hydrogen-bond donors (Lipinski definition) is 1. The number of aryl methyl sites for hydroxylation is 1. The number of para-hydroxylation sites is 1. The number of ether oxygens (including phenoxy) is 1. The summed E-state index contributed by atoms with van der Waals surface area (Å²) in [7, 11) is 0. The van der Waals surface area contributed by atoms with Crippen LogP contribution in [0.1, 0.15) is 5.56 Å². The van der Waals surface area contributed by atoms with Crippen molar-refractivity contribution in [3.63, 3.8) is 0 Å². The fourth-order valence-electron chi connectivity index (χ4n) is 1.40. The fraction of sp³-hybridized carbons (Fsp3) is 0.0769. The van der Waals surface area contributed by atoms with Crippen molar-refractivity contribution in [2.45, 2.75) is 6.92 Å². The van der Waals surface area contributed by atoms with Gasteiger partial charge in [-0.3, -0.25) is 0 Å². The first-order valence-corrected chi connectivity index (χ1v) is 4.95. The Kier molecular flexibility index (Phi) is 2.77. The normalized spacial score (nSPS) is 10.1. The van der Waals surface area contributed by atoms with E-state index in [1.807, 2.05) is 31.2 Å². The molecule has 0 saturated heterocycles. The topological polar surface area (TPSA) is 35.2 Å². The standard InChI is InChI=1S/C13H12FNO/c1-9-4-2-3-5-12(9)16-13-7-6-10(14)8-11(13)15/h2-8H,15H2,1H3. The van der Waals surface area contributed by atoms with Gasteiger partial charge in [-0.15, -0.1) is 0 Å². The smallest absolute Gasteiger partial charge is 0.150 e. The van der Waals surface area contributed by atoms with Crippen LogP contribution in [0.2, 0.25) is 0 Å². The van der Waals surface area contributed by atoms with Crippen LogP contribution in [-0.4, -0.2) is 0 Å². The van der Waals surface area contributed by atoms with Crippen molar-refractivity contribution >= 4 is 5.69 Å². The van der Waals surface area contributed by atoms with Crippen LogP contribution in [0.3, 0.4) is 0 Å². The summed E-state index contributed by atoms with van der Waals surface area (Å²) < 4.78 is 18.4. The molecule has 0 aliphatic rings. The van der Waals surface area contributed by atoms with Crippen LogP contribution in [0.4, 0.5) is 10.1 Å². The molecule has 0 saturated carbocycles. The zero-order valence-corrected chi connectivity index (χ0v) is 8.91. The van der Waals surface area contributed by atoms with Crippen LogP contribution in [0.5, 0.6) is 11.5 Å². The highest BCUT2D eigenvalue weighted by Gasteiger charge is 2.04. The second-order valence-electron chi connectivity index (χ2n) is 3.55. The number of halogens is 1.